The molecule has 2 atom stereocenters. The molecule has 2 aromatic rings. The predicted octanol–water partition coefficient (Wildman–Crippen LogP) is 6.05. The summed E-state index contributed by atoms with van der Waals surface area (Å²) < 4.78 is 6.10. The van der Waals surface area contributed by atoms with Crippen molar-refractivity contribution in [2.45, 2.75) is 58.0 Å². The molecule has 0 amide bonds. The Kier molecular flexibility index (Phi) is 6.28. The SMILES string of the molecule is CCCCCCC(C)N1OC(N)=CC1c1ccc(-c2cccc(Cl)c2)o1. The zero-order valence-corrected chi connectivity index (χ0v) is 16.2. The number of halogens is 1. The van der Waals surface area contributed by atoms with Crippen LogP contribution >= 0.6 is 11.6 Å². The van der Waals surface area contributed by atoms with Crippen LogP contribution in [-0.4, -0.2) is 11.1 Å². The lowest BCUT2D eigenvalue weighted by atomic mass is 10.1. The van der Waals surface area contributed by atoms with E-state index in [2.05, 4.69) is 13.8 Å². The van der Waals surface area contributed by atoms with Crippen LogP contribution in [0.2, 0.25) is 5.02 Å². The first-order chi connectivity index (χ1) is 12.6. The van der Waals surface area contributed by atoms with Crippen LogP contribution in [0.5, 0.6) is 0 Å². The third-order valence-electron chi connectivity index (χ3n) is 4.74. The molecule has 2 heterocycles. The van der Waals surface area contributed by atoms with Crippen LogP contribution in [0.3, 0.4) is 0 Å². The van der Waals surface area contributed by atoms with Crippen molar-refractivity contribution in [3.05, 3.63) is 59.1 Å². The summed E-state index contributed by atoms with van der Waals surface area (Å²) in [5.74, 6) is 2.04. The van der Waals surface area contributed by atoms with Gasteiger partial charge in [0.15, 0.2) is 0 Å². The molecule has 1 aromatic heterocycles. The van der Waals surface area contributed by atoms with Gasteiger partial charge < -0.3 is 15.0 Å². The highest BCUT2D eigenvalue weighted by Crippen LogP contribution is 2.36. The van der Waals surface area contributed by atoms with Gasteiger partial charge in [0.05, 0.1) is 0 Å². The zero-order chi connectivity index (χ0) is 18.5. The molecule has 1 aromatic carbocycles. The Morgan fingerprint density at radius 2 is 2.04 bits per heavy atom. The van der Waals surface area contributed by atoms with Gasteiger partial charge >= 0.3 is 0 Å². The summed E-state index contributed by atoms with van der Waals surface area (Å²) in [7, 11) is 0. The van der Waals surface area contributed by atoms with Gasteiger partial charge in [0.2, 0.25) is 5.88 Å². The Labute approximate surface area is 160 Å². The van der Waals surface area contributed by atoms with E-state index in [-0.39, 0.29) is 12.1 Å². The largest absolute Gasteiger partial charge is 0.459 e. The van der Waals surface area contributed by atoms with Gasteiger partial charge in [-0.1, -0.05) is 56.3 Å². The minimum absolute atomic E-state index is 0.107. The molecule has 0 bridgehead atoms. The van der Waals surface area contributed by atoms with Gasteiger partial charge in [-0.15, -0.1) is 5.06 Å². The monoisotopic (exact) mass is 374 g/mol. The smallest absolute Gasteiger partial charge is 0.207 e. The van der Waals surface area contributed by atoms with E-state index >= 15 is 0 Å². The number of hydroxylamine groups is 2. The average molecular weight is 375 g/mol. The Balaban J connectivity index is 1.72. The van der Waals surface area contributed by atoms with Gasteiger partial charge in [-0.3, -0.25) is 0 Å². The van der Waals surface area contributed by atoms with E-state index in [9.17, 15) is 0 Å². The summed E-state index contributed by atoms with van der Waals surface area (Å²) in [5, 5.41) is 2.64. The second-order valence-electron chi connectivity index (χ2n) is 6.88. The number of hydrogen-bond acceptors (Lipinski definition) is 4. The lowest BCUT2D eigenvalue weighted by Gasteiger charge is -2.27. The van der Waals surface area contributed by atoms with Crippen LogP contribution in [0.15, 0.2) is 52.8 Å². The minimum atomic E-state index is -0.107. The molecule has 0 saturated heterocycles. The van der Waals surface area contributed by atoms with Crippen molar-refractivity contribution in [3.8, 4) is 11.3 Å². The quantitative estimate of drug-likeness (QED) is 0.571. The van der Waals surface area contributed by atoms with Crippen molar-refractivity contribution in [3.63, 3.8) is 0 Å². The van der Waals surface area contributed by atoms with Gasteiger partial charge in [-0.25, -0.2) is 0 Å². The number of benzene rings is 1. The number of furan rings is 1. The van der Waals surface area contributed by atoms with Gasteiger partial charge in [0.1, 0.15) is 17.6 Å². The van der Waals surface area contributed by atoms with Crippen molar-refractivity contribution in [1.29, 1.82) is 0 Å². The van der Waals surface area contributed by atoms with E-state index in [1.54, 1.807) is 0 Å². The van der Waals surface area contributed by atoms with Gasteiger partial charge in [-0.2, -0.15) is 0 Å². The first kappa shape index (κ1) is 18.9. The fourth-order valence-electron chi connectivity index (χ4n) is 3.31. The highest BCUT2D eigenvalue weighted by molar-refractivity contribution is 6.30. The zero-order valence-electron chi connectivity index (χ0n) is 15.5. The maximum Gasteiger partial charge on any atom is 0.207 e. The molecule has 3 rings (SSSR count). The Bertz CT molecular complexity index is 756. The van der Waals surface area contributed by atoms with Crippen LogP contribution in [0.1, 0.15) is 57.8 Å². The molecule has 26 heavy (non-hydrogen) atoms. The van der Waals surface area contributed by atoms with Crippen LogP contribution < -0.4 is 5.73 Å². The van der Waals surface area contributed by atoms with Crippen LogP contribution in [0.25, 0.3) is 11.3 Å². The lowest BCUT2D eigenvalue weighted by Crippen LogP contribution is -2.32. The first-order valence-electron chi connectivity index (χ1n) is 9.37. The number of nitrogens with zero attached hydrogens (tertiary/aromatic N) is 1. The second-order valence-corrected chi connectivity index (χ2v) is 7.31. The minimum Gasteiger partial charge on any atom is -0.459 e. The molecule has 0 fully saturated rings. The van der Waals surface area contributed by atoms with E-state index in [0.29, 0.717) is 10.9 Å². The second kappa shape index (κ2) is 8.65. The maximum absolute atomic E-state index is 6.10. The highest BCUT2D eigenvalue weighted by Gasteiger charge is 2.33. The summed E-state index contributed by atoms with van der Waals surface area (Å²) in [6.07, 6.45) is 7.93. The topological polar surface area (TPSA) is 51.6 Å². The number of unbranched alkanes of at least 4 members (excludes halogenated alkanes) is 3. The number of nitrogens with two attached hydrogens (primary N) is 1. The van der Waals surface area contributed by atoms with Crippen molar-refractivity contribution >= 4 is 11.6 Å². The summed E-state index contributed by atoms with van der Waals surface area (Å²) in [6, 6.07) is 11.7. The molecular formula is C21H27ClN2O2. The van der Waals surface area contributed by atoms with E-state index in [4.69, 9.17) is 26.6 Å². The lowest BCUT2D eigenvalue weighted by molar-refractivity contribution is -0.152. The molecule has 0 aliphatic carbocycles. The van der Waals surface area contributed by atoms with Crippen LogP contribution in [0, 0.1) is 0 Å². The van der Waals surface area contributed by atoms with Crippen molar-refractivity contribution in [2.75, 3.05) is 0 Å². The molecule has 140 valence electrons. The molecule has 2 unspecified atom stereocenters. The van der Waals surface area contributed by atoms with E-state index in [1.807, 2.05) is 47.5 Å². The fourth-order valence-corrected chi connectivity index (χ4v) is 3.50. The number of hydrogen-bond donors (Lipinski definition) is 1. The van der Waals surface area contributed by atoms with Crippen LogP contribution in [0.4, 0.5) is 0 Å². The first-order valence-corrected chi connectivity index (χ1v) is 9.75. The maximum atomic E-state index is 6.10. The standard InChI is InChI=1S/C21H27ClN2O2/c1-3-4-5-6-8-15(2)24-18(14-21(23)26-24)20-12-11-19(25-20)16-9-7-10-17(22)13-16/h7,9-15,18H,3-6,8,23H2,1-2H3. The third kappa shape index (κ3) is 4.43. The normalized spacial score (nSPS) is 18.6. The van der Waals surface area contributed by atoms with E-state index in [1.165, 1.54) is 25.7 Å². The molecule has 1 aliphatic rings. The molecule has 5 heteroatoms. The van der Waals surface area contributed by atoms with E-state index < -0.39 is 0 Å². The van der Waals surface area contributed by atoms with Gasteiger partial charge in [0, 0.05) is 22.7 Å². The molecule has 4 nitrogen and oxygen atoms in total. The molecule has 1 aliphatic heterocycles. The molecule has 2 N–H and O–H groups in total. The summed E-state index contributed by atoms with van der Waals surface area (Å²) in [4.78, 5) is 5.77. The molecule has 0 saturated carbocycles. The van der Waals surface area contributed by atoms with Gasteiger partial charge in [0.25, 0.3) is 0 Å². The molecule has 0 radical (unpaired) electrons. The molecule has 0 spiro atoms. The van der Waals surface area contributed by atoms with Crippen molar-refractivity contribution in [1.82, 2.24) is 5.06 Å². The summed E-state index contributed by atoms with van der Waals surface area (Å²) >= 11 is 6.09. The Morgan fingerprint density at radius 3 is 2.81 bits per heavy atom. The van der Waals surface area contributed by atoms with E-state index in [0.717, 1.165) is 23.5 Å². The highest BCUT2D eigenvalue weighted by atomic mass is 35.5. The van der Waals surface area contributed by atoms with Gasteiger partial charge in [-0.05, 0) is 37.6 Å². The summed E-state index contributed by atoms with van der Waals surface area (Å²) in [5.41, 5.74) is 6.90. The summed E-state index contributed by atoms with van der Waals surface area (Å²) in [6.45, 7) is 4.40. The van der Waals surface area contributed by atoms with Crippen molar-refractivity contribution in [2.24, 2.45) is 5.73 Å². The molecular weight excluding hydrogens is 348 g/mol. The Hall–Kier alpha value is -1.91. The van der Waals surface area contributed by atoms with Crippen molar-refractivity contribution < 1.29 is 9.25 Å². The predicted molar refractivity (Wildman–Crippen MR) is 105 cm³/mol. The Morgan fingerprint density at radius 1 is 1.19 bits per heavy atom. The number of rotatable bonds is 8. The third-order valence-corrected chi connectivity index (χ3v) is 4.98. The fraction of sp³-hybridized carbons (Fsp3) is 0.429. The average Bonchev–Trinajstić information content (AvgIpc) is 3.25. The van der Waals surface area contributed by atoms with Crippen LogP contribution in [-0.2, 0) is 4.84 Å².